The highest BCUT2D eigenvalue weighted by Gasteiger charge is 2.30. The van der Waals surface area contributed by atoms with E-state index in [4.69, 9.17) is 4.74 Å². The second kappa shape index (κ2) is 6.24. The maximum atomic E-state index is 11.4. The van der Waals surface area contributed by atoms with Crippen molar-refractivity contribution in [3.8, 4) is 0 Å². The Labute approximate surface area is 98.9 Å². The Morgan fingerprint density at radius 3 is 2.81 bits per heavy atom. The fourth-order valence-electron chi connectivity index (χ4n) is 2.22. The quantitative estimate of drug-likeness (QED) is 0.559. The second-order valence-electron chi connectivity index (χ2n) is 5.56. The maximum Gasteiger partial charge on any atom is 0.319 e. The number of ether oxygens (including phenoxy) is 1. The Balaban J connectivity index is 2.08. The van der Waals surface area contributed by atoms with Crippen molar-refractivity contribution in [2.24, 2.45) is 5.41 Å². The lowest BCUT2D eigenvalue weighted by Crippen LogP contribution is -2.33. The molecule has 1 rings (SSSR count). The van der Waals surface area contributed by atoms with Crippen LogP contribution in [0.1, 0.15) is 52.9 Å². The van der Waals surface area contributed by atoms with Crippen molar-refractivity contribution in [2.45, 2.75) is 58.9 Å². The lowest BCUT2D eigenvalue weighted by Gasteiger charge is -2.17. The van der Waals surface area contributed by atoms with Gasteiger partial charge in [-0.2, -0.15) is 0 Å². The fourth-order valence-corrected chi connectivity index (χ4v) is 2.22. The van der Waals surface area contributed by atoms with Crippen LogP contribution in [0.15, 0.2) is 0 Å². The Morgan fingerprint density at radius 1 is 1.50 bits per heavy atom. The zero-order valence-corrected chi connectivity index (χ0v) is 10.8. The van der Waals surface area contributed by atoms with Gasteiger partial charge in [0.1, 0.15) is 0 Å². The molecule has 1 N–H and O–H groups in total. The van der Waals surface area contributed by atoms with Gasteiger partial charge in [-0.1, -0.05) is 27.2 Å². The molecule has 3 heteroatoms. The molecule has 0 heterocycles. The fraction of sp³-hybridized carbons (Fsp3) is 0.923. The lowest BCUT2D eigenvalue weighted by molar-refractivity contribution is -0.142. The number of esters is 1. The van der Waals surface area contributed by atoms with E-state index in [-0.39, 0.29) is 5.97 Å². The molecule has 1 atom stereocenters. The molecular weight excluding hydrogens is 202 g/mol. The summed E-state index contributed by atoms with van der Waals surface area (Å²) < 4.78 is 5.09. The van der Waals surface area contributed by atoms with Gasteiger partial charge in [0, 0.05) is 6.04 Å². The van der Waals surface area contributed by atoms with Crippen LogP contribution in [0.25, 0.3) is 0 Å². The normalized spacial score (nSPS) is 23.3. The van der Waals surface area contributed by atoms with Crippen LogP contribution in [0.2, 0.25) is 0 Å². The molecule has 0 spiro atoms. The summed E-state index contributed by atoms with van der Waals surface area (Å²) in [5.74, 6) is -0.113. The average molecular weight is 227 g/mol. The Hall–Kier alpha value is -0.570. The summed E-state index contributed by atoms with van der Waals surface area (Å²) in [6.07, 6.45) is 5.61. The van der Waals surface area contributed by atoms with Gasteiger partial charge in [0.05, 0.1) is 13.2 Å². The standard InChI is InChI=1S/C13H25NO2/c1-4-5-8-16-12(15)10-14-11-6-7-13(2,3)9-11/h11,14H,4-10H2,1-3H3. The number of rotatable bonds is 6. The molecule has 1 unspecified atom stereocenters. The second-order valence-corrected chi connectivity index (χ2v) is 5.56. The molecule has 1 aliphatic rings. The molecular formula is C13H25NO2. The molecule has 0 radical (unpaired) electrons. The van der Waals surface area contributed by atoms with Crippen LogP contribution in [0, 0.1) is 5.41 Å². The molecule has 0 amide bonds. The average Bonchev–Trinajstić information content (AvgIpc) is 2.56. The van der Waals surface area contributed by atoms with Gasteiger partial charge in [0.2, 0.25) is 0 Å². The first-order valence-corrected chi connectivity index (χ1v) is 6.42. The van der Waals surface area contributed by atoms with E-state index in [9.17, 15) is 4.79 Å². The molecule has 1 fully saturated rings. The van der Waals surface area contributed by atoms with E-state index in [1.54, 1.807) is 0 Å². The number of hydrogen-bond acceptors (Lipinski definition) is 3. The van der Waals surface area contributed by atoms with E-state index < -0.39 is 0 Å². The molecule has 16 heavy (non-hydrogen) atoms. The number of carbonyl (C=O) groups is 1. The van der Waals surface area contributed by atoms with Gasteiger partial charge in [-0.05, 0) is 31.1 Å². The summed E-state index contributed by atoms with van der Waals surface area (Å²) in [5.41, 5.74) is 0.434. The first kappa shape index (κ1) is 13.5. The monoisotopic (exact) mass is 227 g/mol. The van der Waals surface area contributed by atoms with Gasteiger partial charge in [-0.3, -0.25) is 4.79 Å². The topological polar surface area (TPSA) is 38.3 Å². The molecule has 0 aromatic rings. The van der Waals surface area contributed by atoms with Gasteiger partial charge < -0.3 is 10.1 Å². The third-order valence-corrected chi connectivity index (χ3v) is 3.26. The van der Waals surface area contributed by atoms with E-state index >= 15 is 0 Å². The summed E-state index contributed by atoms with van der Waals surface area (Å²) in [6.45, 7) is 7.59. The van der Waals surface area contributed by atoms with E-state index in [0.29, 0.717) is 24.6 Å². The summed E-state index contributed by atoms with van der Waals surface area (Å²) in [7, 11) is 0. The molecule has 1 aliphatic carbocycles. The predicted molar refractivity (Wildman–Crippen MR) is 65.3 cm³/mol. The summed E-state index contributed by atoms with van der Waals surface area (Å²) in [6, 6.07) is 0.494. The van der Waals surface area contributed by atoms with Crippen molar-refractivity contribution in [1.82, 2.24) is 5.32 Å². The Morgan fingerprint density at radius 2 is 2.25 bits per heavy atom. The maximum absolute atomic E-state index is 11.4. The van der Waals surface area contributed by atoms with Gasteiger partial charge in [0.25, 0.3) is 0 Å². The smallest absolute Gasteiger partial charge is 0.319 e. The zero-order chi connectivity index (χ0) is 12.0. The molecule has 1 saturated carbocycles. The van der Waals surface area contributed by atoms with Crippen LogP contribution >= 0.6 is 0 Å². The molecule has 0 aliphatic heterocycles. The minimum Gasteiger partial charge on any atom is -0.465 e. The van der Waals surface area contributed by atoms with Crippen molar-refractivity contribution in [2.75, 3.05) is 13.2 Å². The van der Waals surface area contributed by atoms with Crippen LogP contribution in [0.4, 0.5) is 0 Å². The highest BCUT2D eigenvalue weighted by molar-refractivity contribution is 5.71. The van der Waals surface area contributed by atoms with Crippen LogP contribution in [0.3, 0.4) is 0 Å². The number of hydrogen-bond donors (Lipinski definition) is 1. The molecule has 0 bridgehead atoms. The summed E-state index contributed by atoms with van der Waals surface area (Å²) >= 11 is 0. The Kier molecular flexibility index (Phi) is 5.26. The van der Waals surface area contributed by atoms with Crippen molar-refractivity contribution in [1.29, 1.82) is 0 Å². The molecule has 3 nitrogen and oxygen atoms in total. The number of nitrogens with one attached hydrogen (secondary N) is 1. The minimum absolute atomic E-state index is 0.113. The van der Waals surface area contributed by atoms with E-state index in [1.807, 2.05) is 0 Å². The van der Waals surface area contributed by atoms with Gasteiger partial charge >= 0.3 is 5.97 Å². The van der Waals surface area contributed by atoms with Crippen molar-refractivity contribution >= 4 is 5.97 Å². The highest BCUT2D eigenvalue weighted by atomic mass is 16.5. The van der Waals surface area contributed by atoms with E-state index in [2.05, 4.69) is 26.1 Å². The van der Waals surface area contributed by atoms with Gasteiger partial charge in [-0.25, -0.2) is 0 Å². The predicted octanol–water partition coefficient (Wildman–Crippen LogP) is 2.50. The first-order chi connectivity index (χ1) is 7.53. The van der Waals surface area contributed by atoms with Crippen molar-refractivity contribution in [3.05, 3.63) is 0 Å². The molecule has 0 aromatic heterocycles. The number of unbranched alkanes of at least 4 members (excludes halogenated alkanes) is 1. The van der Waals surface area contributed by atoms with Crippen molar-refractivity contribution < 1.29 is 9.53 Å². The van der Waals surface area contributed by atoms with Crippen LogP contribution in [0.5, 0.6) is 0 Å². The Bertz CT molecular complexity index is 226. The lowest BCUT2D eigenvalue weighted by atomic mass is 9.92. The third-order valence-electron chi connectivity index (χ3n) is 3.26. The zero-order valence-electron chi connectivity index (χ0n) is 10.8. The third kappa shape index (κ3) is 4.97. The van der Waals surface area contributed by atoms with Gasteiger partial charge in [0.15, 0.2) is 0 Å². The van der Waals surface area contributed by atoms with E-state index in [1.165, 1.54) is 12.8 Å². The molecule has 0 aromatic carbocycles. The minimum atomic E-state index is -0.113. The summed E-state index contributed by atoms with van der Waals surface area (Å²) in [5, 5.41) is 3.29. The van der Waals surface area contributed by atoms with Crippen LogP contribution in [-0.2, 0) is 9.53 Å². The van der Waals surface area contributed by atoms with Crippen molar-refractivity contribution in [3.63, 3.8) is 0 Å². The molecule has 0 saturated heterocycles. The SMILES string of the molecule is CCCCOC(=O)CNC1CCC(C)(C)C1. The van der Waals surface area contributed by atoms with Crippen LogP contribution < -0.4 is 5.32 Å². The number of carbonyl (C=O) groups excluding carboxylic acids is 1. The van der Waals surface area contributed by atoms with E-state index in [0.717, 1.165) is 19.3 Å². The van der Waals surface area contributed by atoms with Crippen LogP contribution in [-0.4, -0.2) is 25.2 Å². The van der Waals surface area contributed by atoms with Gasteiger partial charge in [-0.15, -0.1) is 0 Å². The largest absolute Gasteiger partial charge is 0.465 e. The summed E-state index contributed by atoms with van der Waals surface area (Å²) in [4.78, 5) is 11.4. The highest BCUT2D eigenvalue weighted by Crippen LogP contribution is 2.36. The first-order valence-electron chi connectivity index (χ1n) is 6.42. The molecule has 94 valence electrons.